The van der Waals surface area contributed by atoms with Crippen LogP contribution in [0.2, 0.25) is 0 Å². The second-order valence-corrected chi connectivity index (χ2v) is 3.79. The fraction of sp³-hybridized carbons (Fsp3) is 0.944. The standard InChI is InChI=1S/C12H25.6CH5N/c1-4-7-9-11-12(6-3)10-8-5-2;6*1-2/h12H,3-11H2,1-2H3;6*2H2,1H3. The molecule has 1 atom stereocenters. The maximum Gasteiger partial charge on any atom is -0.0195 e. The fourth-order valence-corrected chi connectivity index (χ4v) is 1.61. The van der Waals surface area contributed by atoms with E-state index in [2.05, 4.69) is 55.2 Å². The van der Waals surface area contributed by atoms with E-state index in [1.54, 1.807) is 0 Å². The van der Waals surface area contributed by atoms with Crippen molar-refractivity contribution in [2.24, 2.45) is 40.3 Å². The second kappa shape index (κ2) is 93.1. The quantitative estimate of drug-likeness (QED) is 0.366. The lowest BCUT2D eigenvalue weighted by Crippen LogP contribution is -1.98. The second-order valence-electron chi connectivity index (χ2n) is 3.79. The monoisotopic (exact) mass is 355 g/mol. The molecule has 0 saturated carbocycles. The Morgan fingerprint density at radius 3 is 1.08 bits per heavy atom. The van der Waals surface area contributed by atoms with E-state index in [4.69, 9.17) is 0 Å². The van der Waals surface area contributed by atoms with Gasteiger partial charge in [-0.3, -0.25) is 0 Å². The van der Waals surface area contributed by atoms with Gasteiger partial charge in [-0.2, -0.15) is 0 Å². The number of hydrogen-bond acceptors (Lipinski definition) is 6. The topological polar surface area (TPSA) is 156 Å². The summed E-state index contributed by atoms with van der Waals surface area (Å²) < 4.78 is 0. The Morgan fingerprint density at radius 1 is 0.542 bits per heavy atom. The van der Waals surface area contributed by atoms with Gasteiger partial charge in [0.25, 0.3) is 0 Å². The van der Waals surface area contributed by atoms with Crippen LogP contribution >= 0.6 is 0 Å². The van der Waals surface area contributed by atoms with Gasteiger partial charge in [0.05, 0.1) is 0 Å². The zero-order valence-electron chi connectivity index (χ0n) is 18.4. The highest BCUT2D eigenvalue weighted by atomic mass is 14.4. The molecule has 6 nitrogen and oxygen atoms in total. The number of unbranched alkanes of at least 4 members (excludes halogenated alkanes) is 3. The van der Waals surface area contributed by atoms with Crippen LogP contribution in [-0.4, -0.2) is 42.3 Å². The molecule has 0 saturated heterocycles. The molecule has 0 heterocycles. The van der Waals surface area contributed by atoms with Gasteiger partial charge in [0.15, 0.2) is 0 Å². The first-order valence-corrected chi connectivity index (χ1v) is 9.10. The third-order valence-corrected chi connectivity index (χ3v) is 2.59. The van der Waals surface area contributed by atoms with Crippen molar-refractivity contribution in [2.45, 2.75) is 65.2 Å². The Kier molecular flexibility index (Phi) is 170. The van der Waals surface area contributed by atoms with Crippen molar-refractivity contribution in [2.75, 3.05) is 42.3 Å². The van der Waals surface area contributed by atoms with Gasteiger partial charge >= 0.3 is 0 Å². The summed E-state index contributed by atoms with van der Waals surface area (Å²) in [4.78, 5) is 0. The van der Waals surface area contributed by atoms with Gasteiger partial charge in [0.1, 0.15) is 0 Å². The highest BCUT2D eigenvalue weighted by Crippen LogP contribution is 2.19. The smallest absolute Gasteiger partial charge is 0.0195 e. The van der Waals surface area contributed by atoms with Crippen molar-refractivity contribution >= 4 is 0 Å². The van der Waals surface area contributed by atoms with Crippen molar-refractivity contribution in [3.8, 4) is 0 Å². The lowest BCUT2D eigenvalue weighted by atomic mass is 9.93. The van der Waals surface area contributed by atoms with Gasteiger partial charge in [0.2, 0.25) is 0 Å². The Bertz CT molecular complexity index is 95.6. The van der Waals surface area contributed by atoms with Crippen LogP contribution in [0.5, 0.6) is 0 Å². The van der Waals surface area contributed by atoms with Crippen LogP contribution in [0.3, 0.4) is 0 Å². The van der Waals surface area contributed by atoms with E-state index in [0.717, 1.165) is 12.3 Å². The molecular formula is C18H55N6. The summed E-state index contributed by atoms with van der Waals surface area (Å²) in [5, 5.41) is 0. The zero-order chi connectivity index (χ0) is 21.2. The normalized spacial score (nSPS) is 8.12. The largest absolute Gasteiger partial charge is 0.333 e. The lowest BCUT2D eigenvalue weighted by molar-refractivity contribution is 0.417. The van der Waals surface area contributed by atoms with Crippen LogP contribution < -0.4 is 34.4 Å². The van der Waals surface area contributed by atoms with Gasteiger partial charge in [-0.15, -0.1) is 0 Å². The van der Waals surface area contributed by atoms with Crippen molar-refractivity contribution in [3.05, 3.63) is 6.92 Å². The minimum Gasteiger partial charge on any atom is -0.333 e. The molecule has 12 N–H and O–H groups in total. The van der Waals surface area contributed by atoms with E-state index in [1.165, 1.54) is 87.2 Å². The van der Waals surface area contributed by atoms with Crippen LogP contribution in [0.1, 0.15) is 65.2 Å². The molecule has 6 heteroatoms. The van der Waals surface area contributed by atoms with Crippen LogP contribution in [-0.2, 0) is 0 Å². The van der Waals surface area contributed by atoms with E-state index < -0.39 is 0 Å². The molecule has 0 aromatic heterocycles. The third kappa shape index (κ3) is 81.0. The predicted octanol–water partition coefficient (Wildman–Crippen LogP) is 2.05. The molecule has 0 amide bonds. The Balaban J connectivity index is -0.0000000404. The lowest BCUT2D eigenvalue weighted by Gasteiger charge is -2.13. The summed E-state index contributed by atoms with van der Waals surface area (Å²) in [6.07, 6.45) is 10.9. The molecular weight excluding hydrogens is 300 g/mol. The summed E-state index contributed by atoms with van der Waals surface area (Å²) in [6.45, 7) is 8.56. The molecule has 0 aliphatic heterocycles. The van der Waals surface area contributed by atoms with Crippen LogP contribution in [0.25, 0.3) is 0 Å². The number of nitrogens with two attached hydrogens (primary N) is 6. The highest BCUT2D eigenvalue weighted by molar-refractivity contribution is 4.60. The van der Waals surface area contributed by atoms with Crippen molar-refractivity contribution in [1.82, 2.24) is 0 Å². The van der Waals surface area contributed by atoms with Crippen LogP contribution in [0.4, 0.5) is 0 Å². The first-order chi connectivity index (χ1) is 11.8. The summed E-state index contributed by atoms with van der Waals surface area (Å²) in [5.41, 5.74) is 27.0. The molecule has 24 heavy (non-hydrogen) atoms. The first kappa shape index (κ1) is 43.8. The first-order valence-electron chi connectivity index (χ1n) is 9.10. The van der Waals surface area contributed by atoms with E-state index in [-0.39, 0.29) is 0 Å². The molecule has 1 unspecified atom stereocenters. The predicted molar refractivity (Wildman–Crippen MR) is 118 cm³/mol. The van der Waals surface area contributed by atoms with E-state index in [9.17, 15) is 0 Å². The Hall–Kier alpha value is -0.240. The minimum atomic E-state index is 0.913. The minimum absolute atomic E-state index is 0.913. The maximum absolute atomic E-state index is 4.50. The fourth-order valence-electron chi connectivity index (χ4n) is 1.61. The third-order valence-electron chi connectivity index (χ3n) is 2.59. The SMILES string of the molecule is CN.CN.CN.CN.CN.CN.[CH2]CC(CCCC)CCCCC. The molecule has 0 aromatic rings. The molecule has 157 valence electrons. The molecule has 0 aromatic carbocycles. The van der Waals surface area contributed by atoms with E-state index in [1.807, 2.05) is 0 Å². The molecule has 0 fully saturated rings. The summed E-state index contributed by atoms with van der Waals surface area (Å²) >= 11 is 0. The average Bonchev–Trinajstić information content (AvgIpc) is 2.73. The summed E-state index contributed by atoms with van der Waals surface area (Å²) in [6, 6.07) is 0. The molecule has 0 spiro atoms. The zero-order valence-corrected chi connectivity index (χ0v) is 18.4. The van der Waals surface area contributed by atoms with E-state index in [0.29, 0.717) is 0 Å². The highest BCUT2D eigenvalue weighted by Gasteiger charge is 2.04. The molecule has 0 aliphatic carbocycles. The van der Waals surface area contributed by atoms with Gasteiger partial charge in [-0.05, 0) is 48.2 Å². The maximum atomic E-state index is 4.50. The van der Waals surface area contributed by atoms with Gasteiger partial charge in [-0.1, -0.05) is 72.1 Å². The Morgan fingerprint density at radius 2 is 0.833 bits per heavy atom. The van der Waals surface area contributed by atoms with Gasteiger partial charge < -0.3 is 34.4 Å². The van der Waals surface area contributed by atoms with Gasteiger partial charge in [-0.25, -0.2) is 0 Å². The van der Waals surface area contributed by atoms with Crippen LogP contribution in [0.15, 0.2) is 0 Å². The molecule has 1 radical (unpaired) electrons. The van der Waals surface area contributed by atoms with Crippen molar-refractivity contribution in [3.63, 3.8) is 0 Å². The Labute approximate surface area is 155 Å². The van der Waals surface area contributed by atoms with Crippen molar-refractivity contribution in [1.29, 1.82) is 0 Å². The molecule has 0 rings (SSSR count). The molecule has 0 aliphatic rings. The molecule has 0 bridgehead atoms. The summed E-state index contributed by atoms with van der Waals surface area (Å²) in [7, 11) is 9.00. The van der Waals surface area contributed by atoms with Crippen LogP contribution in [0, 0.1) is 12.8 Å². The number of rotatable bonds is 8. The van der Waals surface area contributed by atoms with Crippen molar-refractivity contribution < 1.29 is 0 Å². The summed E-state index contributed by atoms with van der Waals surface area (Å²) in [5.74, 6) is 0.913. The van der Waals surface area contributed by atoms with E-state index >= 15 is 0 Å². The average molecular weight is 356 g/mol. The number of hydrogen-bond donors (Lipinski definition) is 6. The van der Waals surface area contributed by atoms with Gasteiger partial charge in [0, 0.05) is 0 Å².